The second-order valence-corrected chi connectivity index (χ2v) is 3.23. The molecule has 3 aromatic carbocycles. The van der Waals surface area contributed by atoms with Crippen molar-refractivity contribution >= 4 is 23.9 Å². The summed E-state index contributed by atoms with van der Waals surface area (Å²) in [5.74, 6) is 0. The molecule has 0 amide bonds. The van der Waals surface area contributed by atoms with Crippen LogP contribution >= 0.6 is 0 Å². The Labute approximate surface area is 134 Å². The third-order valence-electron chi connectivity index (χ3n) is 1.82. The quantitative estimate of drug-likeness (QED) is 0.529. The van der Waals surface area contributed by atoms with Crippen LogP contribution in [0.3, 0.4) is 0 Å². The van der Waals surface area contributed by atoms with Crippen molar-refractivity contribution in [2.45, 2.75) is 0 Å². The Kier molecular flexibility index (Phi) is 13.3. The molecule has 0 aromatic heterocycles. The molecule has 0 unspecified atom stereocenters. The summed E-state index contributed by atoms with van der Waals surface area (Å²) >= 11 is 0. The minimum atomic E-state index is 0. The van der Waals surface area contributed by atoms with Crippen LogP contribution in [0.2, 0.25) is 0 Å². The molecule has 0 aliphatic heterocycles. The Hall–Kier alpha value is -1.54. The van der Waals surface area contributed by atoms with Crippen molar-refractivity contribution in [1.29, 1.82) is 0 Å². The Morgan fingerprint density at radius 2 is 0.579 bits per heavy atom. The molecule has 0 spiro atoms. The van der Waals surface area contributed by atoms with E-state index < -0.39 is 0 Å². The van der Waals surface area contributed by atoms with Crippen LogP contribution in [-0.4, -0.2) is 23.9 Å². The third kappa shape index (κ3) is 12.7. The van der Waals surface area contributed by atoms with Crippen molar-refractivity contribution in [2.24, 2.45) is 0 Å². The molecule has 93 valence electrons. The first-order chi connectivity index (χ1) is 9.00. The van der Waals surface area contributed by atoms with E-state index in [2.05, 4.69) is 18.2 Å². The fraction of sp³-hybridized carbons (Fsp3) is 0. The van der Waals surface area contributed by atoms with Crippen molar-refractivity contribution < 1.29 is 1.43 Å². The van der Waals surface area contributed by atoms with Crippen LogP contribution in [0, 0.1) is 18.2 Å². The van der Waals surface area contributed by atoms with Gasteiger partial charge < -0.3 is 0 Å². The standard InChI is InChI=1S/3C6H5.Sn.H2/c3*1-2-4-6-5-3-1;;/h3*1-5H;;1H. The second-order valence-electron chi connectivity index (χ2n) is 3.23. The van der Waals surface area contributed by atoms with E-state index in [1.165, 1.54) is 0 Å². The molecule has 0 saturated heterocycles. The maximum atomic E-state index is 2.89. The Balaban J connectivity index is 0. The third-order valence-corrected chi connectivity index (χ3v) is 1.82. The molecule has 19 heavy (non-hydrogen) atoms. The van der Waals surface area contributed by atoms with Crippen LogP contribution in [0.1, 0.15) is 1.43 Å². The van der Waals surface area contributed by atoms with Gasteiger partial charge in [0.05, 0.1) is 0 Å². The largest absolute Gasteiger partial charge is 0.0622 e. The van der Waals surface area contributed by atoms with Gasteiger partial charge in [-0.15, -0.1) is 0 Å². The molecule has 0 nitrogen and oxygen atoms in total. The minimum absolute atomic E-state index is 0. The number of rotatable bonds is 0. The van der Waals surface area contributed by atoms with Gasteiger partial charge in [0.25, 0.3) is 0 Å². The SMILES string of the molecule is [HH].[Sn].[c]1ccccc1.[c]1ccccc1.[c]1ccccc1. The molecule has 7 radical (unpaired) electrons. The average Bonchev–Trinajstić information content (AvgIpc) is 2.54. The Morgan fingerprint density at radius 1 is 0.368 bits per heavy atom. The first-order valence-electron chi connectivity index (χ1n) is 5.73. The van der Waals surface area contributed by atoms with Gasteiger partial charge in [0.1, 0.15) is 0 Å². The predicted octanol–water partition coefficient (Wildman–Crippen LogP) is 4.33. The summed E-state index contributed by atoms with van der Waals surface area (Å²) in [6.45, 7) is 0. The molecule has 0 saturated carbocycles. The smallest absolute Gasteiger partial charge is 0 e. The normalized spacial score (nSPS) is 7.58. The van der Waals surface area contributed by atoms with Gasteiger partial charge in [-0.1, -0.05) is 91.0 Å². The summed E-state index contributed by atoms with van der Waals surface area (Å²) in [6.07, 6.45) is 0. The molecule has 0 bridgehead atoms. The first kappa shape index (κ1) is 17.5. The van der Waals surface area contributed by atoms with Crippen LogP contribution in [0.5, 0.6) is 0 Å². The summed E-state index contributed by atoms with van der Waals surface area (Å²) in [5.41, 5.74) is 0. The van der Waals surface area contributed by atoms with Crippen LogP contribution < -0.4 is 0 Å². The van der Waals surface area contributed by atoms with Crippen molar-refractivity contribution in [3.63, 3.8) is 0 Å². The van der Waals surface area contributed by atoms with E-state index in [1.807, 2.05) is 91.0 Å². The molecule has 0 fully saturated rings. The monoisotopic (exact) mass is 353 g/mol. The molecular weight excluding hydrogens is 335 g/mol. The van der Waals surface area contributed by atoms with Gasteiger partial charge >= 0.3 is 0 Å². The predicted molar refractivity (Wildman–Crippen MR) is 83.7 cm³/mol. The Morgan fingerprint density at radius 3 is 0.632 bits per heavy atom. The average molecular weight is 352 g/mol. The molecule has 0 atom stereocenters. The zero-order chi connectivity index (χ0) is 12.7. The van der Waals surface area contributed by atoms with Gasteiger partial charge in [-0.2, -0.15) is 0 Å². The maximum Gasteiger partial charge on any atom is 0 e. The fourth-order valence-electron chi connectivity index (χ4n) is 1.03. The van der Waals surface area contributed by atoms with Gasteiger partial charge in [0, 0.05) is 25.3 Å². The van der Waals surface area contributed by atoms with Crippen LogP contribution in [0.25, 0.3) is 0 Å². The summed E-state index contributed by atoms with van der Waals surface area (Å²) in [6, 6.07) is 37.5. The maximum absolute atomic E-state index is 2.89. The summed E-state index contributed by atoms with van der Waals surface area (Å²) in [7, 11) is 0. The minimum Gasteiger partial charge on any atom is -0.0622 e. The molecule has 3 rings (SSSR count). The van der Waals surface area contributed by atoms with Crippen molar-refractivity contribution in [2.75, 3.05) is 0 Å². The zero-order valence-corrected chi connectivity index (χ0v) is 13.5. The van der Waals surface area contributed by atoms with E-state index in [-0.39, 0.29) is 25.3 Å². The van der Waals surface area contributed by atoms with Crippen molar-refractivity contribution in [3.8, 4) is 0 Å². The molecular formula is C18H17Sn. The van der Waals surface area contributed by atoms with Gasteiger partial charge in [-0.05, 0) is 18.2 Å². The topological polar surface area (TPSA) is 0 Å². The van der Waals surface area contributed by atoms with E-state index in [0.29, 0.717) is 0 Å². The van der Waals surface area contributed by atoms with Gasteiger partial charge in [0.15, 0.2) is 0 Å². The van der Waals surface area contributed by atoms with Crippen LogP contribution in [-0.2, 0) is 0 Å². The molecule has 1 heteroatoms. The van der Waals surface area contributed by atoms with E-state index in [1.54, 1.807) is 0 Å². The molecule has 0 aliphatic carbocycles. The van der Waals surface area contributed by atoms with Crippen molar-refractivity contribution in [3.05, 3.63) is 109 Å². The van der Waals surface area contributed by atoms with Crippen molar-refractivity contribution in [1.82, 2.24) is 0 Å². The molecule has 3 aromatic rings. The Bertz CT molecular complexity index is 302. The number of benzene rings is 3. The van der Waals surface area contributed by atoms with Gasteiger partial charge in [-0.25, -0.2) is 0 Å². The molecule has 0 N–H and O–H groups in total. The number of hydrogen-bond donors (Lipinski definition) is 0. The molecule has 0 aliphatic rings. The van der Waals surface area contributed by atoms with E-state index in [9.17, 15) is 0 Å². The fourth-order valence-corrected chi connectivity index (χ4v) is 1.03. The first-order valence-corrected chi connectivity index (χ1v) is 5.73. The van der Waals surface area contributed by atoms with Gasteiger partial charge in [-0.3, -0.25) is 0 Å². The second kappa shape index (κ2) is 14.5. The summed E-state index contributed by atoms with van der Waals surface area (Å²) in [4.78, 5) is 0. The molecule has 0 heterocycles. The van der Waals surface area contributed by atoms with E-state index >= 15 is 0 Å². The van der Waals surface area contributed by atoms with E-state index in [0.717, 1.165) is 0 Å². The number of hydrogen-bond acceptors (Lipinski definition) is 0. The van der Waals surface area contributed by atoms with Crippen LogP contribution in [0.15, 0.2) is 91.0 Å². The zero-order valence-electron chi connectivity index (χ0n) is 10.7. The van der Waals surface area contributed by atoms with Crippen LogP contribution in [0.4, 0.5) is 0 Å². The summed E-state index contributed by atoms with van der Waals surface area (Å²) in [5, 5.41) is 0. The van der Waals surface area contributed by atoms with E-state index in [4.69, 9.17) is 0 Å². The summed E-state index contributed by atoms with van der Waals surface area (Å²) < 4.78 is 0. The van der Waals surface area contributed by atoms with Gasteiger partial charge in [0.2, 0.25) is 0 Å².